The second-order valence-electron chi connectivity index (χ2n) is 6.39. The predicted octanol–water partition coefficient (Wildman–Crippen LogP) is 3.96. The van der Waals surface area contributed by atoms with Gasteiger partial charge in [0, 0.05) is 29.2 Å². The molecule has 2 aromatic rings. The fourth-order valence-electron chi connectivity index (χ4n) is 2.61. The second-order valence-corrected chi connectivity index (χ2v) is 6.39. The van der Waals surface area contributed by atoms with Crippen LogP contribution in [0.25, 0.3) is 0 Å². The lowest BCUT2D eigenvalue weighted by Crippen LogP contribution is -2.20. The number of pyridine rings is 1. The molecule has 0 saturated heterocycles. The number of hydrogen-bond donors (Lipinski definition) is 2. The quantitative estimate of drug-likeness (QED) is 0.385. The fourth-order valence-corrected chi connectivity index (χ4v) is 2.61. The highest BCUT2D eigenvalue weighted by Gasteiger charge is 2.33. The van der Waals surface area contributed by atoms with Crippen LogP contribution in [0.2, 0.25) is 0 Å². The van der Waals surface area contributed by atoms with E-state index < -0.39 is 23.6 Å². The van der Waals surface area contributed by atoms with Crippen molar-refractivity contribution in [3.63, 3.8) is 0 Å². The summed E-state index contributed by atoms with van der Waals surface area (Å²) in [5.74, 6) is 4.34. The fraction of sp³-hybridized carbons (Fsp3) is 0.174. The number of methoxy groups -OCH3 is 1. The van der Waals surface area contributed by atoms with E-state index in [4.69, 9.17) is 11.5 Å². The summed E-state index contributed by atoms with van der Waals surface area (Å²) in [4.78, 5) is 20.0. The lowest BCUT2D eigenvalue weighted by Gasteiger charge is -2.15. The molecule has 4 N–H and O–H groups in total. The van der Waals surface area contributed by atoms with Crippen molar-refractivity contribution in [1.29, 1.82) is 0 Å². The number of allylic oxidation sites excluding steroid dienone is 2. The summed E-state index contributed by atoms with van der Waals surface area (Å²) in [6.45, 7) is 5.34. The number of nitrogen functional groups attached to an aromatic ring is 1. The number of nitrogens with two attached hydrogens (primary N) is 2. The number of ether oxygens (including phenoxy) is 2. The molecule has 1 aromatic heterocycles. The van der Waals surface area contributed by atoms with Crippen LogP contribution in [0, 0.1) is 11.8 Å². The topological polar surface area (TPSA) is 113 Å². The van der Waals surface area contributed by atoms with Gasteiger partial charge >= 0.3 is 12.3 Å². The van der Waals surface area contributed by atoms with Gasteiger partial charge in [-0.1, -0.05) is 31.4 Å². The zero-order chi connectivity index (χ0) is 24.6. The molecule has 0 radical (unpaired) electrons. The van der Waals surface area contributed by atoms with Gasteiger partial charge in [-0.2, -0.15) is 0 Å². The summed E-state index contributed by atoms with van der Waals surface area (Å²) >= 11 is 0. The third kappa shape index (κ3) is 6.87. The molecule has 0 aliphatic carbocycles. The molecule has 0 spiro atoms. The molecule has 0 bridgehead atoms. The van der Waals surface area contributed by atoms with Crippen LogP contribution in [0.3, 0.4) is 0 Å². The van der Waals surface area contributed by atoms with Crippen LogP contribution in [-0.2, 0) is 4.74 Å². The number of alkyl halides is 3. The van der Waals surface area contributed by atoms with Crippen LogP contribution in [-0.4, -0.2) is 30.1 Å². The Morgan fingerprint density at radius 3 is 2.58 bits per heavy atom. The molecule has 0 aliphatic heterocycles. The minimum absolute atomic E-state index is 0.142. The Bertz CT molecular complexity index is 1160. The van der Waals surface area contributed by atoms with Crippen LogP contribution in [0.4, 0.5) is 19.0 Å². The highest BCUT2D eigenvalue weighted by Crippen LogP contribution is 2.29. The van der Waals surface area contributed by atoms with Crippen molar-refractivity contribution in [1.82, 2.24) is 4.98 Å². The Labute approximate surface area is 188 Å². The number of carbonyl (C=O) groups excluding carboxylic acids is 1. The van der Waals surface area contributed by atoms with Crippen molar-refractivity contribution in [2.24, 2.45) is 10.7 Å². The molecule has 0 aliphatic rings. The van der Waals surface area contributed by atoms with Gasteiger partial charge in [0.05, 0.1) is 18.4 Å². The smallest absolute Gasteiger partial charge is 0.465 e. The van der Waals surface area contributed by atoms with Crippen LogP contribution < -0.4 is 16.2 Å². The summed E-state index contributed by atoms with van der Waals surface area (Å²) in [6.07, 6.45) is -2.00. The van der Waals surface area contributed by atoms with E-state index in [0.717, 1.165) is 19.2 Å². The SMILES string of the molecule is C=C/N=C(\C(C#Cc1ccc(N)nc1)=C(/N)CC)c1ccc(C(=O)OC)c(OC(F)(F)F)c1. The second kappa shape index (κ2) is 10.9. The normalized spacial score (nSPS) is 12.2. The third-order valence-electron chi connectivity index (χ3n) is 4.16. The number of carbonyl (C=O) groups is 1. The molecule has 172 valence electrons. The molecule has 0 atom stereocenters. The minimum atomic E-state index is -5.04. The highest BCUT2D eigenvalue weighted by molar-refractivity contribution is 6.16. The molecule has 33 heavy (non-hydrogen) atoms. The van der Waals surface area contributed by atoms with Gasteiger partial charge in [-0.3, -0.25) is 4.99 Å². The first-order chi connectivity index (χ1) is 15.6. The maximum Gasteiger partial charge on any atom is 0.573 e. The van der Waals surface area contributed by atoms with Crippen molar-refractivity contribution in [3.05, 3.63) is 77.3 Å². The van der Waals surface area contributed by atoms with E-state index in [1.807, 2.05) is 0 Å². The number of hydrogen-bond acceptors (Lipinski definition) is 7. The third-order valence-corrected chi connectivity index (χ3v) is 4.16. The first-order valence-corrected chi connectivity index (χ1v) is 9.49. The van der Waals surface area contributed by atoms with Gasteiger partial charge in [0.25, 0.3) is 0 Å². The van der Waals surface area contributed by atoms with Gasteiger partial charge in [-0.05, 0) is 30.7 Å². The lowest BCUT2D eigenvalue weighted by molar-refractivity contribution is -0.274. The average Bonchev–Trinajstić information content (AvgIpc) is 2.77. The predicted molar refractivity (Wildman–Crippen MR) is 118 cm³/mol. The van der Waals surface area contributed by atoms with Gasteiger partial charge in [-0.15, -0.1) is 13.2 Å². The van der Waals surface area contributed by atoms with E-state index in [9.17, 15) is 18.0 Å². The molecule has 0 saturated carbocycles. The van der Waals surface area contributed by atoms with Gasteiger partial charge in [0.1, 0.15) is 17.1 Å². The van der Waals surface area contributed by atoms with E-state index in [1.54, 1.807) is 19.1 Å². The molecule has 0 fully saturated rings. The number of aliphatic imine (C=N–C) groups is 1. The van der Waals surface area contributed by atoms with Crippen molar-refractivity contribution in [2.75, 3.05) is 12.8 Å². The number of nitrogens with zero attached hydrogens (tertiary/aromatic N) is 2. The summed E-state index contributed by atoms with van der Waals surface area (Å²) in [5.41, 5.74) is 12.8. The van der Waals surface area contributed by atoms with E-state index >= 15 is 0 Å². The van der Waals surface area contributed by atoms with Gasteiger partial charge in [0.15, 0.2) is 0 Å². The molecular weight excluding hydrogens is 437 g/mol. The van der Waals surface area contributed by atoms with Crippen molar-refractivity contribution < 1.29 is 27.4 Å². The summed E-state index contributed by atoms with van der Waals surface area (Å²) in [6, 6.07) is 6.75. The number of anilines is 1. The van der Waals surface area contributed by atoms with Crippen molar-refractivity contribution in [2.45, 2.75) is 19.7 Å². The molecule has 10 heteroatoms. The maximum atomic E-state index is 13.0. The Morgan fingerprint density at radius 1 is 1.30 bits per heavy atom. The number of benzene rings is 1. The first-order valence-electron chi connectivity index (χ1n) is 9.49. The largest absolute Gasteiger partial charge is 0.573 e. The molecule has 0 unspecified atom stereocenters. The van der Waals surface area contributed by atoms with Crippen LogP contribution in [0.5, 0.6) is 5.75 Å². The van der Waals surface area contributed by atoms with Crippen LogP contribution >= 0.6 is 0 Å². The molecule has 1 aromatic carbocycles. The zero-order valence-electron chi connectivity index (χ0n) is 17.9. The molecule has 2 rings (SSSR count). The van der Waals surface area contributed by atoms with Crippen molar-refractivity contribution in [3.8, 4) is 17.6 Å². The zero-order valence-corrected chi connectivity index (χ0v) is 17.9. The van der Waals surface area contributed by atoms with Crippen LogP contribution in [0.1, 0.15) is 34.8 Å². The number of esters is 1. The van der Waals surface area contributed by atoms with E-state index in [2.05, 4.69) is 37.9 Å². The Hall–Kier alpha value is -4.26. The average molecular weight is 458 g/mol. The van der Waals surface area contributed by atoms with E-state index in [1.165, 1.54) is 18.5 Å². The first kappa shape index (κ1) is 25.0. The highest BCUT2D eigenvalue weighted by atomic mass is 19.4. The monoisotopic (exact) mass is 458 g/mol. The van der Waals surface area contributed by atoms with Gasteiger partial charge in [-0.25, -0.2) is 9.78 Å². The maximum absolute atomic E-state index is 13.0. The van der Waals surface area contributed by atoms with E-state index in [0.29, 0.717) is 23.5 Å². The van der Waals surface area contributed by atoms with E-state index in [-0.39, 0.29) is 16.8 Å². The Kier molecular flexibility index (Phi) is 8.23. The molecule has 0 amide bonds. The number of halogens is 3. The summed E-state index contributed by atoms with van der Waals surface area (Å²) in [7, 11) is 1.04. The summed E-state index contributed by atoms with van der Waals surface area (Å²) in [5, 5.41) is 0. The molecule has 1 heterocycles. The van der Waals surface area contributed by atoms with Gasteiger partial charge < -0.3 is 20.9 Å². The van der Waals surface area contributed by atoms with Gasteiger partial charge in [0.2, 0.25) is 0 Å². The number of aromatic nitrogens is 1. The standard InChI is InChI=1S/C23H21F3N4O3/c1-4-18(27)16(9-6-14-7-11-20(28)30-13-14)21(29-5-2)15-8-10-17(22(31)32-3)19(12-15)33-23(24,25)26/h5,7-8,10-13H,2,4,27H2,1,3H3,(H2,28,30)/b18-16-,29-21-. The van der Waals surface area contributed by atoms with Crippen molar-refractivity contribution >= 4 is 17.5 Å². The Balaban J connectivity index is 2.66. The lowest BCUT2D eigenvalue weighted by atomic mass is 9.98. The Morgan fingerprint density at radius 2 is 2.03 bits per heavy atom. The minimum Gasteiger partial charge on any atom is -0.465 e. The molecular formula is C23H21F3N4O3. The summed E-state index contributed by atoms with van der Waals surface area (Å²) < 4.78 is 47.5. The van der Waals surface area contributed by atoms with Crippen LogP contribution in [0.15, 0.2) is 65.6 Å². The number of rotatable bonds is 6. The molecule has 7 nitrogen and oxygen atoms in total.